The fraction of sp³-hybridized carbons (Fsp3) is 0.143. The van der Waals surface area contributed by atoms with E-state index >= 15 is 0 Å². The first-order chi connectivity index (χ1) is 17.0. The summed E-state index contributed by atoms with van der Waals surface area (Å²) in [5.74, 6) is 0.341. The summed E-state index contributed by atoms with van der Waals surface area (Å²) in [6.07, 6.45) is 3.86. The lowest BCUT2D eigenvalue weighted by Crippen LogP contribution is -2.32. The minimum absolute atomic E-state index is 0.180. The van der Waals surface area contributed by atoms with Crippen molar-refractivity contribution in [2.45, 2.75) is 13.5 Å². The number of halogens is 1. The summed E-state index contributed by atoms with van der Waals surface area (Å²) >= 11 is 6.85. The molecule has 0 bridgehead atoms. The number of carbonyl (C=O) groups excluding carboxylic acids is 2. The molecular formula is C28H23ClN2O3S. The Bertz CT molecular complexity index is 1430. The number of para-hydroxylation sites is 1. The average molecular weight is 503 g/mol. The summed E-state index contributed by atoms with van der Waals surface area (Å²) in [4.78, 5) is 27.2. The van der Waals surface area contributed by atoms with Crippen molar-refractivity contribution in [1.82, 2.24) is 9.47 Å². The molecule has 1 aromatic heterocycles. The largest absolute Gasteiger partial charge is 0.492 e. The van der Waals surface area contributed by atoms with Crippen LogP contribution in [0, 0.1) is 6.92 Å². The maximum atomic E-state index is 13.0. The normalized spacial score (nSPS) is 14.9. The van der Waals surface area contributed by atoms with Crippen molar-refractivity contribution >= 4 is 51.5 Å². The quantitative estimate of drug-likeness (QED) is 0.262. The van der Waals surface area contributed by atoms with Crippen molar-refractivity contribution in [3.63, 3.8) is 0 Å². The highest BCUT2D eigenvalue weighted by atomic mass is 35.5. The molecule has 3 aromatic carbocycles. The second-order valence-electron chi connectivity index (χ2n) is 8.35. The van der Waals surface area contributed by atoms with Crippen LogP contribution in [0.25, 0.3) is 17.0 Å². The molecule has 0 radical (unpaired) electrons. The number of hydrogen-bond donors (Lipinski definition) is 0. The predicted molar refractivity (Wildman–Crippen MR) is 142 cm³/mol. The Morgan fingerprint density at radius 2 is 1.71 bits per heavy atom. The van der Waals surface area contributed by atoms with Gasteiger partial charge in [0, 0.05) is 34.2 Å². The molecule has 0 atom stereocenters. The van der Waals surface area contributed by atoms with E-state index in [0.717, 1.165) is 34.8 Å². The van der Waals surface area contributed by atoms with Gasteiger partial charge in [0.1, 0.15) is 12.4 Å². The summed E-state index contributed by atoms with van der Waals surface area (Å²) in [7, 11) is 0. The number of hydrogen-bond acceptors (Lipinski definition) is 4. The summed E-state index contributed by atoms with van der Waals surface area (Å²) in [6.45, 7) is 3.19. The third kappa shape index (κ3) is 5.14. The van der Waals surface area contributed by atoms with Crippen LogP contribution in [0.5, 0.6) is 5.75 Å². The SMILES string of the molecule is Cc1ccc(Cn2cc(/C=C3\SC(=O)N(CCOc4ccc(Cl)cc4)C3=O)c3ccccc32)cc1. The van der Waals surface area contributed by atoms with Gasteiger partial charge in [-0.1, -0.05) is 59.6 Å². The summed E-state index contributed by atoms with van der Waals surface area (Å²) < 4.78 is 7.84. The highest BCUT2D eigenvalue weighted by Gasteiger charge is 2.35. The van der Waals surface area contributed by atoms with Gasteiger partial charge in [0.25, 0.3) is 11.1 Å². The number of ether oxygens (including phenoxy) is 1. The molecule has 0 saturated carbocycles. The smallest absolute Gasteiger partial charge is 0.293 e. The lowest BCUT2D eigenvalue weighted by molar-refractivity contribution is -0.123. The van der Waals surface area contributed by atoms with Crippen molar-refractivity contribution < 1.29 is 14.3 Å². The Kier molecular flexibility index (Phi) is 6.66. The number of benzene rings is 3. The number of aryl methyl sites for hydroxylation is 1. The van der Waals surface area contributed by atoms with E-state index in [1.165, 1.54) is 16.0 Å². The molecule has 35 heavy (non-hydrogen) atoms. The highest BCUT2D eigenvalue weighted by molar-refractivity contribution is 8.18. The van der Waals surface area contributed by atoms with Gasteiger partial charge in [-0.05, 0) is 60.7 Å². The minimum atomic E-state index is -0.296. The minimum Gasteiger partial charge on any atom is -0.492 e. The summed E-state index contributed by atoms with van der Waals surface area (Å²) in [6, 6.07) is 23.5. The zero-order valence-corrected chi connectivity index (χ0v) is 20.7. The number of rotatable bonds is 7. The number of carbonyl (C=O) groups is 2. The van der Waals surface area contributed by atoms with Crippen molar-refractivity contribution in [2.75, 3.05) is 13.2 Å². The first-order valence-electron chi connectivity index (χ1n) is 11.2. The Labute approximate surface area is 212 Å². The number of aromatic nitrogens is 1. The van der Waals surface area contributed by atoms with E-state index in [1.54, 1.807) is 24.3 Å². The zero-order valence-electron chi connectivity index (χ0n) is 19.1. The second-order valence-corrected chi connectivity index (χ2v) is 9.78. The third-order valence-corrected chi connectivity index (χ3v) is 7.01. The Hall–Kier alpha value is -3.48. The first kappa shape index (κ1) is 23.3. The molecule has 0 aliphatic carbocycles. The Morgan fingerprint density at radius 1 is 0.971 bits per heavy atom. The number of nitrogens with zero attached hydrogens (tertiary/aromatic N) is 2. The van der Waals surface area contributed by atoms with Crippen LogP contribution in [0.1, 0.15) is 16.7 Å². The topological polar surface area (TPSA) is 51.5 Å². The van der Waals surface area contributed by atoms with E-state index < -0.39 is 0 Å². The lowest BCUT2D eigenvalue weighted by atomic mass is 10.1. The van der Waals surface area contributed by atoms with Gasteiger partial charge in [0.2, 0.25) is 0 Å². The molecule has 4 aromatic rings. The molecule has 1 saturated heterocycles. The molecule has 0 N–H and O–H groups in total. The summed E-state index contributed by atoms with van der Waals surface area (Å²) in [5, 5.41) is 1.37. The van der Waals surface area contributed by atoms with Gasteiger partial charge in [-0.3, -0.25) is 14.5 Å². The molecule has 7 heteroatoms. The zero-order chi connectivity index (χ0) is 24.4. The maximum Gasteiger partial charge on any atom is 0.293 e. The van der Waals surface area contributed by atoms with Crippen molar-refractivity contribution in [1.29, 1.82) is 0 Å². The number of imide groups is 1. The standard InChI is InChI=1S/C28H23ClN2O3S/c1-19-6-8-20(9-7-19)17-30-18-21(24-4-2-3-5-25(24)30)16-26-27(32)31(28(33)35-26)14-15-34-23-12-10-22(29)11-13-23/h2-13,16,18H,14-15,17H2,1H3/b26-16-. The fourth-order valence-corrected chi connectivity index (χ4v) is 5.01. The van der Waals surface area contributed by atoms with Crippen molar-refractivity contribution in [3.05, 3.63) is 106 Å². The van der Waals surface area contributed by atoms with Gasteiger partial charge in [-0.15, -0.1) is 0 Å². The van der Waals surface area contributed by atoms with Gasteiger partial charge in [0.15, 0.2) is 0 Å². The van der Waals surface area contributed by atoms with Crippen LogP contribution >= 0.6 is 23.4 Å². The van der Waals surface area contributed by atoms with Crippen LogP contribution in [0.4, 0.5) is 4.79 Å². The van der Waals surface area contributed by atoms with Gasteiger partial charge < -0.3 is 9.30 Å². The molecule has 1 aliphatic rings. The third-order valence-electron chi connectivity index (χ3n) is 5.85. The van der Waals surface area contributed by atoms with Crippen molar-refractivity contribution in [3.8, 4) is 5.75 Å². The predicted octanol–water partition coefficient (Wildman–Crippen LogP) is 6.77. The molecule has 5 rings (SSSR count). The van der Waals surface area contributed by atoms with Gasteiger partial charge in [-0.2, -0.15) is 0 Å². The molecule has 1 fully saturated rings. The van der Waals surface area contributed by atoms with Gasteiger partial charge in [-0.25, -0.2) is 0 Å². The van der Waals surface area contributed by atoms with Crippen LogP contribution in [0.2, 0.25) is 5.02 Å². The summed E-state index contributed by atoms with van der Waals surface area (Å²) in [5.41, 5.74) is 4.41. The van der Waals surface area contributed by atoms with Crippen LogP contribution < -0.4 is 4.74 Å². The number of fused-ring (bicyclic) bond motifs is 1. The Morgan fingerprint density at radius 3 is 2.49 bits per heavy atom. The van der Waals surface area contributed by atoms with E-state index in [0.29, 0.717) is 15.7 Å². The van der Waals surface area contributed by atoms with E-state index in [9.17, 15) is 9.59 Å². The molecule has 2 heterocycles. The van der Waals surface area contributed by atoms with Gasteiger partial charge in [0.05, 0.1) is 11.4 Å². The van der Waals surface area contributed by atoms with E-state index in [-0.39, 0.29) is 24.3 Å². The fourth-order valence-electron chi connectivity index (χ4n) is 4.03. The Balaban J connectivity index is 1.34. The molecule has 176 valence electrons. The molecule has 2 amide bonds. The van der Waals surface area contributed by atoms with Gasteiger partial charge >= 0.3 is 0 Å². The molecular weight excluding hydrogens is 480 g/mol. The molecule has 1 aliphatic heterocycles. The van der Waals surface area contributed by atoms with E-state index in [1.807, 2.05) is 30.5 Å². The molecule has 0 unspecified atom stereocenters. The number of amides is 2. The van der Waals surface area contributed by atoms with E-state index in [2.05, 4.69) is 41.8 Å². The van der Waals surface area contributed by atoms with Crippen LogP contribution in [0.3, 0.4) is 0 Å². The van der Waals surface area contributed by atoms with Crippen LogP contribution in [-0.4, -0.2) is 33.8 Å². The maximum absolute atomic E-state index is 13.0. The monoisotopic (exact) mass is 502 g/mol. The van der Waals surface area contributed by atoms with E-state index in [4.69, 9.17) is 16.3 Å². The highest BCUT2D eigenvalue weighted by Crippen LogP contribution is 2.34. The van der Waals surface area contributed by atoms with Crippen LogP contribution in [-0.2, 0) is 11.3 Å². The first-order valence-corrected chi connectivity index (χ1v) is 12.4. The van der Waals surface area contributed by atoms with Crippen LogP contribution in [0.15, 0.2) is 83.9 Å². The second kappa shape index (κ2) is 10.0. The average Bonchev–Trinajstić information content (AvgIpc) is 3.33. The van der Waals surface area contributed by atoms with Crippen molar-refractivity contribution in [2.24, 2.45) is 0 Å². The lowest BCUT2D eigenvalue weighted by Gasteiger charge is -2.13. The molecule has 5 nitrogen and oxygen atoms in total. The molecule has 0 spiro atoms. The number of thioether (sulfide) groups is 1.